The largest absolute Gasteiger partial charge is 0.490 e. The highest BCUT2D eigenvalue weighted by Crippen LogP contribution is 2.40. The minimum Gasteiger partial charge on any atom is -0.490 e. The van der Waals surface area contributed by atoms with E-state index in [4.69, 9.17) is 9.47 Å². The molecule has 19 heavy (non-hydrogen) atoms. The lowest BCUT2D eigenvalue weighted by atomic mass is 10.1. The van der Waals surface area contributed by atoms with Crippen molar-refractivity contribution in [2.45, 2.75) is 18.5 Å². The number of epoxide rings is 1. The number of ether oxygens (including phenoxy) is 2. The molecule has 2 nitrogen and oxygen atoms in total. The van der Waals surface area contributed by atoms with Gasteiger partial charge in [-0.05, 0) is 18.2 Å². The molecule has 1 saturated heterocycles. The molecule has 0 saturated carbocycles. The summed E-state index contributed by atoms with van der Waals surface area (Å²) in [5.41, 5.74) is -2.42. The Bertz CT molecular complexity index is 461. The highest BCUT2D eigenvalue weighted by Gasteiger charge is 2.38. The van der Waals surface area contributed by atoms with E-state index in [1.54, 1.807) is 0 Å². The molecule has 0 spiro atoms. The second kappa shape index (κ2) is 4.59. The van der Waals surface area contributed by atoms with E-state index >= 15 is 0 Å². The zero-order chi connectivity index (χ0) is 14.3. The van der Waals surface area contributed by atoms with Gasteiger partial charge in [-0.1, -0.05) is 0 Å². The molecule has 0 aromatic heterocycles. The minimum absolute atomic E-state index is 0.204. The average molecular weight is 286 g/mol. The summed E-state index contributed by atoms with van der Waals surface area (Å²) >= 11 is 0. The third-order valence-electron chi connectivity index (χ3n) is 2.44. The molecule has 1 aliphatic heterocycles. The summed E-state index contributed by atoms with van der Waals surface area (Å²) in [5, 5.41) is 0. The van der Waals surface area contributed by atoms with Crippen molar-refractivity contribution in [3.8, 4) is 5.75 Å². The lowest BCUT2D eigenvalue weighted by molar-refractivity contribution is -0.142. The van der Waals surface area contributed by atoms with Gasteiger partial charge in [0.25, 0.3) is 0 Å². The maximum atomic E-state index is 12.6. The minimum atomic E-state index is -4.77. The van der Waals surface area contributed by atoms with Crippen molar-refractivity contribution in [2.75, 3.05) is 13.2 Å². The van der Waals surface area contributed by atoms with Gasteiger partial charge in [-0.15, -0.1) is 0 Å². The van der Waals surface area contributed by atoms with Gasteiger partial charge in [-0.25, -0.2) is 0 Å². The SMILES string of the molecule is FC(F)(F)c1ccc(C(F)(F)F)c(OCC2CO2)c1. The molecule has 1 aromatic carbocycles. The molecule has 1 fully saturated rings. The Morgan fingerprint density at radius 1 is 1.11 bits per heavy atom. The molecule has 0 amide bonds. The molecule has 106 valence electrons. The summed E-state index contributed by atoms with van der Waals surface area (Å²) < 4.78 is 84.7. The van der Waals surface area contributed by atoms with E-state index in [0.717, 1.165) is 0 Å². The Morgan fingerprint density at radius 3 is 2.21 bits per heavy atom. The third kappa shape index (κ3) is 3.52. The second-order valence-corrected chi connectivity index (χ2v) is 3.97. The fraction of sp³-hybridized carbons (Fsp3) is 0.455. The number of alkyl halides is 6. The number of halogens is 6. The van der Waals surface area contributed by atoms with Crippen molar-refractivity contribution in [3.05, 3.63) is 29.3 Å². The van der Waals surface area contributed by atoms with Crippen LogP contribution in [0.5, 0.6) is 5.75 Å². The Hall–Kier alpha value is -1.44. The first-order valence-corrected chi connectivity index (χ1v) is 5.21. The second-order valence-electron chi connectivity index (χ2n) is 3.97. The van der Waals surface area contributed by atoms with Crippen LogP contribution in [0, 0.1) is 0 Å². The van der Waals surface area contributed by atoms with Gasteiger partial charge in [0, 0.05) is 0 Å². The normalized spacial score (nSPS) is 19.4. The lowest BCUT2D eigenvalue weighted by Crippen LogP contribution is -2.14. The summed E-state index contributed by atoms with van der Waals surface area (Å²) in [7, 11) is 0. The first kappa shape index (κ1) is 14.0. The first-order valence-electron chi connectivity index (χ1n) is 5.21. The standard InChI is InChI=1S/C11H8F6O2/c12-10(13,14)6-1-2-8(11(15,16)17)9(3-6)19-5-7-4-18-7/h1-3,7H,4-5H2. The van der Waals surface area contributed by atoms with Gasteiger partial charge in [0.1, 0.15) is 18.5 Å². The van der Waals surface area contributed by atoms with E-state index in [1.165, 1.54) is 0 Å². The predicted molar refractivity (Wildman–Crippen MR) is 51.7 cm³/mol. The Balaban J connectivity index is 2.31. The molecule has 1 aromatic rings. The van der Waals surface area contributed by atoms with Crippen LogP contribution in [0.4, 0.5) is 26.3 Å². The third-order valence-corrected chi connectivity index (χ3v) is 2.44. The Kier molecular flexibility index (Phi) is 3.38. The summed E-state index contributed by atoms with van der Waals surface area (Å²) in [4.78, 5) is 0. The van der Waals surface area contributed by atoms with Crippen molar-refractivity contribution in [1.29, 1.82) is 0 Å². The van der Waals surface area contributed by atoms with E-state index in [0.29, 0.717) is 24.8 Å². The Morgan fingerprint density at radius 2 is 1.74 bits per heavy atom. The fourth-order valence-corrected chi connectivity index (χ4v) is 1.40. The van der Waals surface area contributed by atoms with Crippen molar-refractivity contribution in [3.63, 3.8) is 0 Å². The van der Waals surface area contributed by atoms with Crippen LogP contribution in [-0.4, -0.2) is 19.3 Å². The zero-order valence-corrected chi connectivity index (χ0v) is 9.31. The van der Waals surface area contributed by atoms with Gasteiger partial charge in [0.15, 0.2) is 0 Å². The fourth-order valence-electron chi connectivity index (χ4n) is 1.40. The lowest BCUT2D eigenvalue weighted by Gasteiger charge is -2.16. The van der Waals surface area contributed by atoms with Gasteiger partial charge in [-0.3, -0.25) is 0 Å². The van der Waals surface area contributed by atoms with Crippen LogP contribution < -0.4 is 4.74 Å². The van der Waals surface area contributed by atoms with Crippen molar-refractivity contribution >= 4 is 0 Å². The predicted octanol–water partition coefficient (Wildman–Crippen LogP) is 3.50. The maximum Gasteiger partial charge on any atom is 0.419 e. The van der Waals surface area contributed by atoms with E-state index in [1.807, 2.05) is 0 Å². The van der Waals surface area contributed by atoms with Gasteiger partial charge >= 0.3 is 12.4 Å². The van der Waals surface area contributed by atoms with Gasteiger partial charge < -0.3 is 9.47 Å². The van der Waals surface area contributed by atoms with Crippen molar-refractivity contribution < 1.29 is 35.8 Å². The van der Waals surface area contributed by atoms with Crippen LogP contribution in [-0.2, 0) is 17.1 Å². The molecule has 0 aliphatic carbocycles. The van der Waals surface area contributed by atoms with E-state index in [9.17, 15) is 26.3 Å². The topological polar surface area (TPSA) is 21.8 Å². The van der Waals surface area contributed by atoms with Crippen LogP contribution in [0.3, 0.4) is 0 Å². The molecule has 2 rings (SSSR count). The molecule has 8 heteroatoms. The van der Waals surface area contributed by atoms with Crippen molar-refractivity contribution in [2.24, 2.45) is 0 Å². The number of hydrogen-bond acceptors (Lipinski definition) is 2. The van der Waals surface area contributed by atoms with Crippen LogP contribution in [0.1, 0.15) is 11.1 Å². The zero-order valence-electron chi connectivity index (χ0n) is 9.31. The summed E-state index contributed by atoms with van der Waals surface area (Å²) in [6, 6.07) is 1.10. The molecular formula is C11H8F6O2. The maximum absolute atomic E-state index is 12.6. The van der Waals surface area contributed by atoms with Crippen molar-refractivity contribution in [1.82, 2.24) is 0 Å². The summed E-state index contributed by atoms with van der Waals surface area (Å²) in [6.45, 7) is 0.130. The van der Waals surface area contributed by atoms with Crippen LogP contribution in [0.15, 0.2) is 18.2 Å². The first-order chi connectivity index (χ1) is 8.68. The van der Waals surface area contributed by atoms with E-state index in [-0.39, 0.29) is 12.7 Å². The highest BCUT2D eigenvalue weighted by atomic mass is 19.4. The monoisotopic (exact) mass is 286 g/mol. The smallest absolute Gasteiger partial charge is 0.419 e. The van der Waals surface area contributed by atoms with E-state index < -0.39 is 29.2 Å². The van der Waals surface area contributed by atoms with Gasteiger partial charge in [0.2, 0.25) is 0 Å². The average Bonchev–Trinajstić information content (AvgIpc) is 3.07. The quantitative estimate of drug-likeness (QED) is 0.626. The van der Waals surface area contributed by atoms with Crippen LogP contribution in [0.25, 0.3) is 0 Å². The van der Waals surface area contributed by atoms with E-state index in [2.05, 4.69) is 0 Å². The molecule has 0 radical (unpaired) electrons. The number of hydrogen-bond donors (Lipinski definition) is 0. The number of rotatable bonds is 3. The molecule has 1 atom stereocenters. The summed E-state index contributed by atoms with van der Waals surface area (Å²) in [5.74, 6) is -0.835. The summed E-state index contributed by atoms with van der Waals surface area (Å²) in [6.07, 6.45) is -9.85. The highest BCUT2D eigenvalue weighted by molar-refractivity contribution is 5.40. The van der Waals surface area contributed by atoms with Gasteiger partial charge in [0.05, 0.1) is 17.7 Å². The Labute approximate surface area is 103 Å². The molecule has 0 N–H and O–H groups in total. The number of benzene rings is 1. The van der Waals surface area contributed by atoms with Crippen LogP contribution >= 0.6 is 0 Å². The molecule has 1 unspecified atom stereocenters. The van der Waals surface area contributed by atoms with Gasteiger partial charge in [-0.2, -0.15) is 26.3 Å². The molecular weight excluding hydrogens is 278 g/mol. The van der Waals surface area contributed by atoms with Crippen LogP contribution in [0.2, 0.25) is 0 Å². The molecule has 1 aliphatic rings. The molecule has 1 heterocycles. The molecule has 0 bridgehead atoms.